The number of nitrogens with one attached hydrogen (secondary N) is 1. The van der Waals surface area contributed by atoms with Crippen LogP contribution in [0.3, 0.4) is 0 Å². The fourth-order valence-corrected chi connectivity index (χ4v) is 5.20. The lowest BCUT2D eigenvalue weighted by Gasteiger charge is -2.47. The highest BCUT2D eigenvalue weighted by atomic mass is 16.5. The summed E-state index contributed by atoms with van der Waals surface area (Å²) in [5.41, 5.74) is 1.97. The molecule has 1 fully saturated rings. The van der Waals surface area contributed by atoms with E-state index < -0.39 is 0 Å². The summed E-state index contributed by atoms with van der Waals surface area (Å²) < 4.78 is 7.05. The molecule has 2 bridgehead atoms. The highest BCUT2D eigenvalue weighted by Crippen LogP contribution is 2.42. The molecule has 1 aromatic carbocycles. The second-order valence-corrected chi connectivity index (χ2v) is 8.59. The van der Waals surface area contributed by atoms with Gasteiger partial charge in [-0.05, 0) is 30.4 Å². The van der Waals surface area contributed by atoms with Crippen LogP contribution in [0.4, 0.5) is 0 Å². The molecule has 1 N–H and O–H groups in total. The first-order valence-corrected chi connectivity index (χ1v) is 10.8. The van der Waals surface area contributed by atoms with Crippen molar-refractivity contribution in [2.24, 2.45) is 5.92 Å². The molecule has 0 aliphatic carbocycles. The first-order valence-electron chi connectivity index (χ1n) is 10.8. The van der Waals surface area contributed by atoms with Crippen LogP contribution in [0.2, 0.25) is 0 Å². The number of H-pyrrole nitrogens is 1. The van der Waals surface area contributed by atoms with Crippen molar-refractivity contribution < 1.29 is 9.32 Å². The Balaban J connectivity index is 1.40. The van der Waals surface area contributed by atoms with Crippen LogP contribution in [0.15, 0.2) is 68.7 Å². The largest absolute Gasteiger partial charge is 0.384 e. The van der Waals surface area contributed by atoms with Gasteiger partial charge in [0.05, 0.1) is 0 Å². The van der Waals surface area contributed by atoms with E-state index in [-0.39, 0.29) is 34.9 Å². The minimum Gasteiger partial charge on any atom is -0.384 e. The maximum atomic E-state index is 13.0. The van der Waals surface area contributed by atoms with Crippen molar-refractivity contribution in [1.29, 1.82) is 0 Å². The molecule has 4 heterocycles. The van der Waals surface area contributed by atoms with Gasteiger partial charge in [-0.15, -0.1) is 0 Å². The van der Waals surface area contributed by atoms with Crippen molar-refractivity contribution in [2.75, 3.05) is 13.1 Å². The molecule has 3 atom stereocenters. The molecule has 31 heavy (non-hydrogen) atoms. The van der Waals surface area contributed by atoms with Crippen molar-refractivity contribution in [2.45, 2.75) is 37.6 Å². The first-order chi connectivity index (χ1) is 15.1. The van der Waals surface area contributed by atoms with Gasteiger partial charge in [0, 0.05) is 55.7 Å². The molecule has 1 amide bonds. The highest BCUT2D eigenvalue weighted by Gasteiger charge is 2.41. The number of carbonyl (C=O) groups excluding carboxylic acids is 1. The summed E-state index contributed by atoms with van der Waals surface area (Å²) in [6, 6.07) is 17.1. The van der Waals surface area contributed by atoms with Crippen LogP contribution in [0.5, 0.6) is 0 Å². The molecule has 2 aromatic heterocycles. The molecule has 0 saturated carbocycles. The minimum absolute atomic E-state index is 0.0284. The third-order valence-corrected chi connectivity index (χ3v) is 6.60. The molecular weight excluding hydrogens is 394 g/mol. The van der Waals surface area contributed by atoms with Gasteiger partial charge in [0.1, 0.15) is 5.76 Å². The minimum atomic E-state index is -0.291. The maximum absolute atomic E-state index is 13.0. The smallest absolute Gasteiger partial charge is 0.280 e. The number of fused-ring (bicyclic) bond motifs is 4. The van der Waals surface area contributed by atoms with E-state index in [1.54, 1.807) is 6.07 Å². The van der Waals surface area contributed by atoms with E-state index in [1.165, 1.54) is 11.6 Å². The normalized spacial score (nSPS) is 22.2. The average molecular weight is 419 g/mol. The fraction of sp³-hybridized carbons (Fsp3) is 0.375. The fourth-order valence-electron chi connectivity index (χ4n) is 5.20. The molecule has 0 spiro atoms. The van der Waals surface area contributed by atoms with Crippen LogP contribution >= 0.6 is 0 Å². The molecule has 2 aliphatic rings. The second kappa shape index (κ2) is 8.06. The number of aromatic amines is 1. The Labute approximate surface area is 179 Å². The maximum Gasteiger partial charge on any atom is 0.280 e. The molecule has 2 aliphatic heterocycles. The Morgan fingerprint density at radius 2 is 1.90 bits per heavy atom. The zero-order chi connectivity index (χ0) is 21.4. The van der Waals surface area contributed by atoms with Crippen LogP contribution in [0.25, 0.3) is 0 Å². The number of hydrogen-bond acceptors (Lipinski definition) is 4. The molecule has 0 unspecified atom stereocenters. The average Bonchev–Trinajstić information content (AvgIpc) is 3.21. The lowest BCUT2D eigenvalue weighted by Crippen LogP contribution is -2.51. The third-order valence-electron chi connectivity index (χ3n) is 6.60. The number of aromatic nitrogens is 2. The summed E-state index contributed by atoms with van der Waals surface area (Å²) in [5.74, 6) is 0.938. The Hall–Kier alpha value is -3.35. The van der Waals surface area contributed by atoms with Crippen molar-refractivity contribution in [1.82, 2.24) is 14.6 Å². The molecular formula is C24H25N3O4. The Bertz CT molecular complexity index is 1190. The van der Waals surface area contributed by atoms with Gasteiger partial charge in [0.25, 0.3) is 11.1 Å². The summed E-state index contributed by atoms with van der Waals surface area (Å²) in [5, 5.41) is 2.26. The molecule has 3 aromatic rings. The summed E-state index contributed by atoms with van der Waals surface area (Å²) in [6.07, 6.45) is 2.45. The van der Waals surface area contributed by atoms with E-state index in [4.69, 9.17) is 4.52 Å². The topological polar surface area (TPSA) is 88.3 Å². The van der Waals surface area contributed by atoms with E-state index in [1.807, 2.05) is 39.8 Å². The molecule has 5 rings (SSSR count). The molecule has 0 radical (unpaired) electrons. The predicted molar refractivity (Wildman–Crippen MR) is 115 cm³/mol. The summed E-state index contributed by atoms with van der Waals surface area (Å²) in [4.78, 5) is 39.0. The summed E-state index contributed by atoms with van der Waals surface area (Å²) in [7, 11) is 0. The van der Waals surface area contributed by atoms with Gasteiger partial charge in [0.15, 0.2) is 0 Å². The van der Waals surface area contributed by atoms with E-state index in [2.05, 4.69) is 17.3 Å². The van der Waals surface area contributed by atoms with Crippen LogP contribution in [0, 0.1) is 5.92 Å². The van der Waals surface area contributed by atoms with Gasteiger partial charge >= 0.3 is 0 Å². The Kier molecular flexibility index (Phi) is 5.10. The van der Waals surface area contributed by atoms with E-state index in [9.17, 15) is 14.4 Å². The second-order valence-electron chi connectivity index (χ2n) is 8.59. The van der Waals surface area contributed by atoms with Crippen molar-refractivity contribution in [3.8, 4) is 0 Å². The summed E-state index contributed by atoms with van der Waals surface area (Å²) >= 11 is 0. The van der Waals surface area contributed by atoms with Crippen LogP contribution in [-0.2, 0) is 17.6 Å². The van der Waals surface area contributed by atoms with Crippen molar-refractivity contribution >= 4 is 5.91 Å². The monoisotopic (exact) mass is 419 g/mol. The van der Waals surface area contributed by atoms with Gasteiger partial charge in [-0.1, -0.05) is 36.4 Å². The SMILES string of the molecule is O=C(CCc1cc(=O)[nH]o1)N1C[C@H]2C[C@@H](C1)[C@H](Cc1ccccc1)n1c2cccc1=O. The molecule has 7 nitrogen and oxygen atoms in total. The predicted octanol–water partition coefficient (Wildman–Crippen LogP) is 2.49. The van der Waals surface area contributed by atoms with Crippen LogP contribution < -0.4 is 11.1 Å². The number of nitrogens with zero attached hydrogens (tertiary/aromatic N) is 2. The van der Waals surface area contributed by atoms with E-state index >= 15 is 0 Å². The lowest BCUT2D eigenvalue weighted by molar-refractivity contribution is -0.134. The zero-order valence-electron chi connectivity index (χ0n) is 17.2. The zero-order valence-corrected chi connectivity index (χ0v) is 17.2. The number of rotatable bonds is 5. The Morgan fingerprint density at radius 3 is 2.68 bits per heavy atom. The number of carbonyl (C=O) groups is 1. The standard InChI is InChI=1S/C24H25N3O4/c28-22-13-19(31-25-22)9-10-23(29)26-14-17-12-18(15-26)21(11-16-5-2-1-3-6-16)27-20(17)7-4-8-24(27)30/h1-8,13,17-18,21H,9-12,14-15H2,(H,25,28)/t17-,18+,21+/m1/s1. The van der Waals surface area contributed by atoms with Crippen LogP contribution in [0.1, 0.15) is 41.8 Å². The lowest BCUT2D eigenvalue weighted by atomic mass is 9.76. The number of hydrogen-bond donors (Lipinski definition) is 1. The summed E-state index contributed by atoms with van der Waals surface area (Å²) in [6.45, 7) is 1.26. The number of amides is 1. The number of pyridine rings is 1. The third kappa shape index (κ3) is 3.87. The van der Waals surface area contributed by atoms with Crippen molar-refractivity contribution in [3.63, 3.8) is 0 Å². The number of piperidine rings is 1. The number of benzene rings is 1. The van der Waals surface area contributed by atoms with Gasteiger partial charge in [0.2, 0.25) is 5.91 Å². The molecule has 160 valence electrons. The highest BCUT2D eigenvalue weighted by molar-refractivity contribution is 5.76. The van der Waals surface area contributed by atoms with Gasteiger partial charge in [-0.3, -0.25) is 14.4 Å². The number of likely N-dealkylation sites (tertiary alicyclic amines) is 1. The first kappa shape index (κ1) is 19.6. The molecule has 1 saturated heterocycles. The quantitative estimate of drug-likeness (QED) is 0.688. The van der Waals surface area contributed by atoms with E-state index in [0.29, 0.717) is 31.7 Å². The van der Waals surface area contributed by atoms with Gasteiger partial charge in [-0.25, -0.2) is 0 Å². The Morgan fingerprint density at radius 1 is 1.06 bits per heavy atom. The van der Waals surface area contributed by atoms with Crippen LogP contribution in [-0.4, -0.2) is 33.6 Å². The van der Waals surface area contributed by atoms with Crippen molar-refractivity contribution in [3.05, 3.63) is 92.3 Å². The van der Waals surface area contributed by atoms with Gasteiger partial charge in [-0.2, -0.15) is 5.16 Å². The molecule has 7 heteroatoms. The van der Waals surface area contributed by atoms with E-state index in [0.717, 1.165) is 18.5 Å². The number of aryl methyl sites for hydroxylation is 1. The van der Waals surface area contributed by atoms with Gasteiger partial charge < -0.3 is 14.0 Å².